The Morgan fingerprint density at radius 2 is 1.84 bits per heavy atom. The highest BCUT2D eigenvalue weighted by Gasteiger charge is 2.19. The molecule has 0 aliphatic carbocycles. The van der Waals surface area contributed by atoms with Crippen molar-refractivity contribution < 1.29 is 14.1 Å². The second kappa shape index (κ2) is 9.01. The number of unbranched alkanes of at least 4 members (excludes halogenated alkanes) is 3. The lowest BCUT2D eigenvalue weighted by Gasteiger charge is -2.20. The molecule has 0 N–H and O–H groups in total. The molecule has 1 aromatic carbocycles. The van der Waals surface area contributed by atoms with Crippen molar-refractivity contribution in [2.45, 2.75) is 52.5 Å². The maximum absolute atomic E-state index is 12.7. The largest absolute Gasteiger partial charge is 0.445 e. The van der Waals surface area contributed by atoms with Crippen LogP contribution in [0.5, 0.6) is 0 Å². The number of benzene rings is 1. The lowest BCUT2D eigenvalue weighted by atomic mass is 10.1. The summed E-state index contributed by atoms with van der Waals surface area (Å²) in [6.45, 7) is 4.30. The molecule has 25 heavy (non-hydrogen) atoms. The van der Waals surface area contributed by atoms with Crippen LogP contribution in [0.1, 0.15) is 50.4 Å². The summed E-state index contributed by atoms with van der Waals surface area (Å²) in [5, 5.41) is 10.8. The minimum absolute atomic E-state index is 0.00352. The average molecular weight is 344 g/mol. The fraction of sp³-hybridized carbons (Fsp3) is 0.421. The number of aryl methyl sites for hydroxylation is 1. The maximum atomic E-state index is 12.7. The summed E-state index contributed by atoms with van der Waals surface area (Å²) < 4.78 is 5.63. The maximum Gasteiger partial charge on any atom is 0.269 e. The zero-order valence-corrected chi connectivity index (χ0v) is 14.7. The molecule has 1 heterocycles. The number of furan rings is 1. The molecule has 134 valence electrons. The van der Waals surface area contributed by atoms with E-state index in [0.717, 1.165) is 37.0 Å². The summed E-state index contributed by atoms with van der Waals surface area (Å²) in [7, 11) is 0. The van der Waals surface area contributed by atoms with Gasteiger partial charge in [0.15, 0.2) is 0 Å². The summed E-state index contributed by atoms with van der Waals surface area (Å²) in [4.78, 5) is 24.6. The number of hydrogen-bond acceptors (Lipinski definition) is 4. The zero-order chi connectivity index (χ0) is 18.2. The first kappa shape index (κ1) is 18.7. The van der Waals surface area contributed by atoms with Crippen LogP contribution in [0, 0.1) is 17.0 Å². The Hall–Kier alpha value is -2.63. The van der Waals surface area contributed by atoms with Gasteiger partial charge in [0, 0.05) is 24.6 Å². The predicted octanol–water partition coefficient (Wildman–Crippen LogP) is 5.00. The second-order valence-corrected chi connectivity index (χ2v) is 6.10. The van der Waals surface area contributed by atoms with Gasteiger partial charge in [0.2, 0.25) is 11.8 Å². The van der Waals surface area contributed by atoms with E-state index in [4.69, 9.17) is 4.42 Å². The van der Waals surface area contributed by atoms with Crippen LogP contribution < -0.4 is 4.90 Å². The van der Waals surface area contributed by atoms with Crippen molar-refractivity contribution in [2.75, 3.05) is 4.90 Å². The van der Waals surface area contributed by atoms with Gasteiger partial charge in [-0.2, -0.15) is 0 Å². The van der Waals surface area contributed by atoms with E-state index < -0.39 is 4.92 Å². The van der Waals surface area contributed by atoms with Crippen LogP contribution in [0.15, 0.2) is 40.8 Å². The fourth-order valence-corrected chi connectivity index (χ4v) is 2.60. The Bertz CT molecular complexity index is 706. The Labute approximate surface area is 147 Å². The van der Waals surface area contributed by atoms with Crippen LogP contribution in [0.3, 0.4) is 0 Å². The van der Waals surface area contributed by atoms with E-state index in [0.29, 0.717) is 18.8 Å². The van der Waals surface area contributed by atoms with Crippen molar-refractivity contribution in [2.24, 2.45) is 0 Å². The van der Waals surface area contributed by atoms with Gasteiger partial charge in [-0.3, -0.25) is 19.8 Å². The lowest BCUT2D eigenvalue weighted by Crippen LogP contribution is -2.29. The molecule has 0 spiro atoms. The number of carbonyl (C=O) groups excluding carboxylic acids is 1. The quantitative estimate of drug-likeness (QED) is 0.364. The third-order valence-electron chi connectivity index (χ3n) is 4.03. The van der Waals surface area contributed by atoms with Gasteiger partial charge in [0.25, 0.3) is 5.69 Å². The first-order chi connectivity index (χ1) is 12.0. The van der Waals surface area contributed by atoms with Gasteiger partial charge in [-0.1, -0.05) is 38.3 Å². The molecule has 6 heteroatoms. The van der Waals surface area contributed by atoms with Gasteiger partial charge < -0.3 is 4.42 Å². The highest BCUT2D eigenvalue weighted by atomic mass is 16.6. The number of non-ortho nitro benzene ring substituents is 1. The molecule has 0 atom stereocenters. The van der Waals surface area contributed by atoms with Crippen LogP contribution >= 0.6 is 0 Å². The molecule has 1 aromatic heterocycles. The number of carbonyl (C=O) groups is 1. The third kappa shape index (κ3) is 5.45. The Morgan fingerprint density at radius 1 is 1.12 bits per heavy atom. The normalized spacial score (nSPS) is 10.6. The molecule has 0 radical (unpaired) electrons. The van der Waals surface area contributed by atoms with Crippen LogP contribution in [0.25, 0.3) is 0 Å². The molecular formula is C19H24N2O4. The topological polar surface area (TPSA) is 76.6 Å². The molecular weight excluding hydrogens is 320 g/mol. The smallest absolute Gasteiger partial charge is 0.269 e. The number of nitrogens with zero attached hydrogens (tertiary/aromatic N) is 2. The summed E-state index contributed by atoms with van der Waals surface area (Å²) in [6.07, 6.45) is 4.59. The lowest BCUT2D eigenvalue weighted by molar-refractivity contribution is -0.384. The van der Waals surface area contributed by atoms with Crippen molar-refractivity contribution in [3.8, 4) is 0 Å². The summed E-state index contributed by atoms with van der Waals surface area (Å²) in [5.41, 5.74) is 0.858. The van der Waals surface area contributed by atoms with Crippen molar-refractivity contribution in [3.63, 3.8) is 0 Å². The molecule has 0 bridgehead atoms. The minimum atomic E-state index is -0.434. The Balaban J connectivity index is 2.11. The Kier molecular flexibility index (Phi) is 6.74. The fourth-order valence-electron chi connectivity index (χ4n) is 2.60. The number of nitro groups is 1. The van der Waals surface area contributed by atoms with Crippen LogP contribution in [-0.2, 0) is 11.3 Å². The van der Waals surface area contributed by atoms with Crippen molar-refractivity contribution in [1.82, 2.24) is 0 Å². The zero-order valence-electron chi connectivity index (χ0n) is 14.7. The molecule has 2 aromatic rings. The van der Waals surface area contributed by atoms with Gasteiger partial charge in [0.1, 0.15) is 5.76 Å². The average Bonchev–Trinajstić information content (AvgIpc) is 3.03. The number of anilines is 1. The number of hydrogen-bond donors (Lipinski definition) is 0. The van der Waals surface area contributed by atoms with Crippen LogP contribution in [0.2, 0.25) is 0 Å². The van der Waals surface area contributed by atoms with E-state index in [1.807, 2.05) is 13.0 Å². The van der Waals surface area contributed by atoms with Crippen LogP contribution in [0.4, 0.5) is 11.6 Å². The second-order valence-electron chi connectivity index (χ2n) is 6.10. The van der Waals surface area contributed by atoms with Gasteiger partial charge in [0.05, 0.1) is 11.5 Å². The van der Waals surface area contributed by atoms with Crippen molar-refractivity contribution in [3.05, 3.63) is 57.8 Å². The van der Waals surface area contributed by atoms with E-state index in [-0.39, 0.29) is 11.6 Å². The summed E-state index contributed by atoms with van der Waals surface area (Å²) in [6, 6.07) is 9.85. The van der Waals surface area contributed by atoms with E-state index in [1.165, 1.54) is 12.1 Å². The molecule has 0 unspecified atom stereocenters. The van der Waals surface area contributed by atoms with E-state index in [9.17, 15) is 14.9 Å². The molecule has 0 aliphatic heterocycles. The summed E-state index contributed by atoms with van der Waals surface area (Å²) in [5.74, 6) is 1.25. The van der Waals surface area contributed by atoms with Crippen molar-refractivity contribution >= 4 is 17.5 Å². The van der Waals surface area contributed by atoms with E-state index in [1.54, 1.807) is 23.1 Å². The van der Waals surface area contributed by atoms with Gasteiger partial charge >= 0.3 is 0 Å². The molecule has 0 saturated carbocycles. The van der Waals surface area contributed by atoms with Crippen molar-refractivity contribution in [1.29, 1.82) is 0 Å². The molecule has 0 fully saturated rings. The standard InChI is InChI=1S/C19H24N2O4/c1-3-4-5-6-7-18(22)20(19-13-8-15(2)25-19)14-16-9-11-17(12-10-16)21(23)24/h8-13H,3-7,14H2,1-2H3. The monoisotopic (exact) mass is 344 g/mol. The highest BCUT2D eigenvalue weighted by molar-refractivity contribution is 5.91. The molecule has 2 rings (SSSR count). The number of rotatable bonds is 9. The van der Waals surface area contributed by atoms with Gasteiger partial charge in [-0.15, -0.1) is 0 Å². The molecule has 1 amide bonds. The van der Waals surface area contributed by atoms with E-state index in [2.05, 4.69) is 6.92 Å². The summed E-state index contributed by atoms with van der Waals surface area (Å²) >= 11 is 0. The number of nitro benzene ring substituents is 1. The molecule has 0 aliphatic rings. The SMILES string of the molecule is CCCCCCC(=O)N(Cc1ccc([N+](=O)[O-])cc1)c1ccc(C)o1. The predicted molar refractivity (Wildman–Crippen MR) is 96.5 cm³/mol. The van der Waals surface area contributed by atoms with E-state index >= 15 is 0 Å². The van der Waals surface area contributed by atoms with Gasteiger partial charge in [-0.25, -0.2) is 0 Å². The van der Waals surface area contributed by atoms with Gasteiger partial charge in [-0.05, 0) is 25.0 Å². The first-order valence-corrected chi connectivity index (χ1v) is 8.61. The first-order valence-electron chi connectivity index (χ1n) is 8.61. The molecule has 6 nitrogen and oxygen atoms in total. The highest BCUT2D eigenvalue weighted by Crippen LogP contribution is 2.23. The van der Waals surface area contributed by atoms with Crippen LogP contribution in [-0.4, -0.2) is 10.8 Å². The Morgan fingerprint density at radius 3 is 2.40 bits per heavy atom. The minimum Gasteiger partial charge on any atom is -0.445 e. The third-order valence-corrected chi connectivity index (χ3v) is 4.03. The molecule has 0 saturated heterocycles. The number of amides is 1.